The lowest BCUT2D eigenvalue weighted by Gasteiger charge is -2.22. The number of carboxylic acid groups (broad SMARTS) is 1. The van der Waals surface area contributed by atoms with Crippen LogP contribution < -0.4 is 4.72 Å². The Bertz CT molecular complexity index is 622. The van der Waals surface area contributed by atoms with Crippen LogP contribution in [0.2, 0.25) is 0 Å². The summed E-state index contributed by atoms with van der Waals surface area (Å²) >= 11 is 0. The minimum Gasteiger partial charge on any atom is -0.508 e. The maximum Gasteiger partial charge on any atom is 0.335 e. The average molecular weight is 315 g/mol. The number of ether oxygens (including phenoxy) is 1. The van der Waals surface area contributed by atoms with Crippen molar-refractivity contribution >= 4 is 21.7 Å². The van der Waals surface area contributed by atoms with Crippen molar-refractivity contribution < 1.29 is 28.2 Å². The van der Waals surface area contributed by atoms with Gasteiger partial charge in [0, 0.05) is 12.7 Å². The number of nitrogens with one attached hydrogen (secondary N) is 1. The number of phenols is 1. The second-order valence-electron chi connectivity index (χ2n) is 4.95. The predicted molar refractivity (Wildman–Crippen MR) is 76.1 cm³/mol. The van der Waals surface area contributed by atoms with Crippen LogP contribution in [0.15, 0.2) is 18.2 Å². The van der Waals surface area contributed by atoms with Gasteiger partial charge in [-0.15, -0.1) is 0 Å². The smallest absolute Gasteiger partial charge is 0.335 e. The summed E-state index contributed by atoms with van der Waals surface area (Å²) in [4.78, 5) is 10.9. The Labute approximate surface area is 122 Å². The molecule has 1 aliphatic rings. The van der Waals surface area contributed by atoms with Gasteiger partial charge >= 0.3 is 5.97 Å². The maximum absolute atomic E-state index is 12.0. The summed E-state index contributed by atoms with van der Waals surface area (Å²) in [7, 11) is -3.67. The van der Waals surface area contributed by atoms with Crippen molar-refractivity contribution in [3.8, 4) is 5.75 Å². The number of benzene rings is 1. The van der Waals surface area contributed by atoms with E-state index in [1.165, 1.54) is 0 Å². The fourth-order valence-corrected chi connectivity index (χ4v) is 3.51. The summed E-state index contributed by atoms with van der Waals surface area (Å²) in [6.45, 7) is 0.551. The second kappa shape index (κ2) is 6.31. The van der Waals surface area contributed by atoms with Crippen LogP contribution in [0.3, 0.4) is 0 Å². The molecule has 7 nitrogen and oxygen atoms in total. The molecular formula is C13H17NO6S. The van der Waals surface area contributed by atoms with E-state index in [9.17, 15) is 18.3 Å². The normalized spacial score (nSPS) is 19.1. The standard InChI is InChI=1S/C13H17NO6S/c15-11-6-9(13(16)17)5-10(7-11)14-21(18,19)8-12-3-1-2-4-20-12/h5-7,12,14-15H,1-4,8H2,(H,16,17). The molecule has 2 rings (SSSR count). The van der Waals surface area contributed by atoms with Gasteiger partial charge in [-0.05, 0) is 31.4 Å². The lowest BCUT2D eigenvalue weighted by Crippen LogP contribution is -2.30. The number of anilines is 1. The molecule has 116 valence electrons. The first-order valence-corrected chi connectivity index (χ1v) is 8.20. The van der Waals surface area contributed by atoms with E-state index in [4.69, 9.17) is 9.84 Å². The monoisotopic (exact) mass is 315 g/mol. The Hall–Kier alpha value is -1.80. The topological polar surface area (TPSA) is 113 Å². The van der Waals surface area contributed by atoms with E-state index in [1.54, 1.807) is 0 Å². The van der Waals surface area contributed by atoms with Crippen LogP contribution in [-0.2, 0) is 14.8 Å². The third kappa shape index (κ3) is 4.61. The number of aromatic hydroxyl groups is 1. The molecule has 1 aliphatic heterocycles. The van der Waals surface area contributed by atoms with Gasteiger partial charge in [-0.25, -0.2) is 13.2 Å². The van der Waals surface area contributed by atoms with Gasteiger partial charge < -0.3 is 14.9 Å². The molecule has 1 aromatic rings. The first-order chi connectivity index (χ1) is 9.85. The summed E-state index contributed by atoms with van der Waals surface area (Å²) in [6.07, 6.45) is 2.18. The first kappa shape index (κ1) is 15.6. The number of aromatic carboxylic acids is 1. The van der Waals surface area contributed by atoms with Gasteiger partial charge in [-0.1, -0.05) is 0 Å². The van der Waals surface area contributed by atoms with Crippen molar-refractivity contribution in [1.82, 2.24) is 0 Å². The Balaban J connectivity index is 2.10. The first-order valence-electron chi connectivity index (χ1n) is 6.55. The fourth-order valence-electron chi connectivity index (χ4n) is 2.20. The van der Waals surface area contributed by atoms with E-state index in [2.05, 4.69) is 4.72 Å². The van der Waals surface area contributed by atoms with Gasteiger partial charge in [0.25, 0.3) is 0 Å². The molecule has 0 aliphatic carbocycles. The van der Waals surface area contributed by atoms with Gasteiger partial charge in [-0.2, -0.15) is 0 Å². The summed E-state index contributed by atoms with van der Waals surface area (Å²) in [5.74, 6) is -1.76. The number of carboxylic acids is 1. The van der Waals surface area contributed by atoms with Crippen molar-refractivity contribution in [1.29, 1.82) is 0 Å². The van der Waals surface area contributed by atoms with Crippen molar-refractivity contribution in [2.24, 2.45) is 0 Å². The minimum atomic E-state index is -3.67. The van der Waals surface area contributed by atoms with Crippen LogP contribution in [0.1, 0.15) is 29.6 Å². The highest BCUT2D eigenvalue weighted by Gasteiger charge is 2.22. The van der Waals surface area contributed by atoms with Crippen LogP contribution >= 0.6 is 0 Å². The highest BCUT2D eigenvalue weighted by molar-refractivity contribution is 7.92. The molecular weight excluding hydrogens is 298 g/mol. The number of hydrogen-bond acceptors (Lipinski definition) is 5. The molecule has 0 amide bonds. The number of carbonyl (C=O) groups is 1. The van der Waals surface area contributed by atoms with E-state index in [0.717, 1.165) is 31.0 Å². The summed E-state index contributed by atoms with van der Waals surface area (Å²) < 4.78 is 31.7. The Morgan fingerprint density at radius 2 is 2.10 bits per heavy atom. The number of hydrogen-bond donors (Lipinski definition) is 3. The van der Waals surface area contributed by atoms with Crippen LogP contribution in [0.4, 0.5) is 5.69 Å². The molecule has 1 atom stereocenters. The molecule has 1 heterocycles. The van der Waals surface area contributed by atoms with Crippen LogP contribution in [-0.4, -0.2) is 43.1 Å². The minimum absolute atomic E-state index is 0.0169. The fraction of sp³-hybridized carbons (Fsp3) is 0.462. The maximum atomic E-state index is 12.0. The van der Waals surface area contributed by atoms with E-state index in [1.807, 2.05) is 0 Å². The number of rotatable bonds is 5. The van der Waals surface area contributed by atoms with Crippen molar-refractivity contribution in [3.05, 3.63) is 23.8 Å². The van der Waals surface area contributed by atoms with E-state index in [0.29, 0.717) is 13.0 Å². The zero-order chi connectivity index (χ0) is 15.5. The van der Waals surface area contributed by atoms with E-state index >= 15 is 0 Å². The lowest BCUT2D eigenvalue weighted by atomic mass is 10.1. The lowest BCUT2D eigenvalue weighted by molar-refractivity contribution is 0.0306. The zero-order valence-corrected chi connectivity index (χ0v) is 12.1. The van der Waals surface area contributed by atoms with Gasteiger partial charge in [0.1, 0.15) is 5.75 Å². The van der Waals surface area contributed by atoms with Gasteiger partial charge in [0.2, 0.25) is 10.0 Å². The molecule has 0 spiro atoms. The summed E-state index contributed by atoms with van der Waals surface area (Å²) in [6, 6.07) is 3.36. The van der Waals surface area contributed by atoms with Crippen molar-refractivity contribution in [2.45, 2.75) is 25.4 Å². The average Bonchev–Trinajstić information content (AvgIpc) is 2.37. The highest BCUT2D eigenvalue weighted by Crippen LogP contribution is 2.22. The summed E-state index contributed by atoms with van der Waals surface area (Å²) in [5.41, 5.74) is -0.176. The SMILES string of the molecule is O=C(O)c1cc(O)cc(NS(=O)(=O)CC2CCCCO2)c1. The van der Waals surface area contributed by atoms with Crippen molar-refractivity contribution in [2.75, 3.05) is 17.1 Å². The molecule has 1 saturated heterocycles. The number of sulfonamides is 1. The molecule has 1 unspecified atom stereocenters. The molecule has 1 aromatic carbocycles. The Kier molecular flexibility index (Phi) is 4.69. The highest BCUT2D eigenvalue weighted by atomic mass is 32.2. The molecule has 3 N–H and O–H groups in total. The van der Waals surface area contributed by atoms with Crippen LogP contribution in [0.25, 0.3) is 0 Å². The molecule has 1 fully saturated rings. The molecule has 0 radical (unpaired) electrons. The molecule has 0 aromatic heterocycles. The second-order valence-corrected chi connectivity index (χ2v) is 6.71. The third-order valence-electron chi connectivity index (χ3n) is 3.12. The predicted octanol–water partition coefficient (Wildman–Crippen LogP) is 1.40. The Morgan fingerprint density at radius 3 is 2.71 bits per heavy atom. The van der Waals surface area contributed by atoms with Gasteiger partial charge in [-0.3, -0.25) is 4.72 Å². The van der Waals surface area contributed by atoms with Crippen LogP contribution in [0.5, 0.6) is 5.75 Å². The molecule has 8 heteroatoms. The third-order valence-corrected chi connectivity index (χ3v) is 4.47. The van der Waals surface area contributed by atoms with E-state index in [-0.39, 0.29) is 28.9 Å². The van der Waals surface area contributed by atoms with Crippen molar-refractivity contribution in [3.63, 3.8) is 0 Å². The van der Waals surface area contributed by atoms with E-state index < -0.39 is 16.0 Å². The van der Waals surface area contributed by atoms with Crippen LogP contribution in [0, 0.1) is 0 Å². The zero-order valence-electron chi connectivity index (χ0n) is 11.3. The molecule has 21 heavy (non-hydrogen) atoms. The summed E-state index contributed by atoms with van der Waals surface area (Å²) in [5, 5.41) is 18.3. The quantitative estimate of drug-likeness (QED) is 0.757. The Morgan fingerprint density at radius 1 is 1.33 bits per heavy atom. The van der Waals surface area contributed by atoms with Gasteiger partial charge in [0.05, 0.1) is 23.1 Å². The number of phenolic OH excluding ortho intramolecular Hbond substituents is 1. The molecule has 0 bridgehead atoms. The van der Waals surface area contributed by atoms with Gasteiger partial charge in [0.15, 0.2) is 0 Å². The molecule has 0 saturated carbocycles. The largest absolute Gasteiger partial charge is 0.508 e.